The number of aromatic nitrogens is 2. The quantitative estimate of drug-likeness (QED) is 0.678. The van der Waals surface area contributed by atoms with Crippen molar-refractivity contribution in [2.24, 2.45) is 5.16 Å². The molecular weight excluding hydrogens is 278 g/mol. The van der Waals surface area contributed by atoms with Gasteiger partial charge in [0.1, 0.15) is 15.8 Å². The summed E-state index contributed by atoms with van der Waals surface area (Å²) in [5, 5.41) is 16.9. The van der Waals surface area contributed by atoms with Crippen LogP contribution in [0.4, 0.5) is 0 Å². The van der Waals surface area contributed by atoms with Crippen LogP contribution in [0.5, 0.6) is 0 Å². The summed E-state index contributed by atoms with van der Waals surface area (Å²) in [5.74, 6) is -0.0635. The van der Waals surface area contributed by atoms with Gasteiger partial charge in [0.25, 0.3) is 0 Å². The van der Waals surface area contributed by atoms with E-state index in [9.17, 15) is 9.90 Å². The number of hydrogen-bond acceptors (Lipinski definition) is 7. The minimum absolute atomic E-state index is 0.0620. The van der Waals surface area contributed by atoms with Gasteiger partial charge >= 0.3 is 0 Å². The second-order valence-corrected chi connectivity index (χ2v) is 4.99. The zero-order valence-corrected chi connectivity index (χ0v) is 10.9. The van der Waals surface area contributed by atoms with Gasteiger partial charge in [0.15, 0.2) is 12.4 Å². The summed E-state index contributed by atoms with van der Waals surface area (Å²) in [6, 6.07) is 0. The first-order valence-electron chi connectivity index (χ1n) is 5.26. The van der Waals surface area contributed by atoms with Gasteiger partial charge in [-0.3, -0.25) is 4.79 Å². The third kappa shape index (κ3) is 3.05. The summed E-state index contributed by atoms with van der Waals surface area (Å²) in [7, 11) is 0. The van der Waals surface area contributed by atoms with E-state index in [0.29, 0.717) is 29.3 Å². The molecule has 1 aromatic heterocycles. The molecule has 8 heteroatoms. The molecule has 0 amide bonds. The van der Waals surface area contributed by atoms with Crippen molar-refractivity contribution in [3.8, 4) is 0 Å². The van der Waals surface area contributed by atoms with E-state index in [1.807, 2.05) is 0 Å². The molecule has 0 radical (unpaired) electrons. The monoisotopic (exact) mass is 287 g/mol. The average molecular weight is 288 g/mol. The van der Waals surface area contributed by atoms with Crippen molar-refractivity contribution in [1.29, 1.82) is 0 Å². The third-order valence-corrected chi connectivity index (χ3v) is 3.38. The van der Waals surface area contributed by atoms with E-state index in [4.69, 9.17) is 16.4 Å². The molecule has 0 saturated heterocycles. The maximum Gasteiger partial charge on any atom is 0.167 e. The van der Waals surface area contributed by atoms with Crippen LogP contribution in [0, 0.1) is 0 Å². The summed E-state index contributed by atoms with van der Waals surface area (Å²) >= 11 is 6.83. The number of carbonyl (C=O) groups excluding carboxylic acids is 1. The molecule has 0 saturated carbocycles. The molecule has 1 N–H and O–H groups in total. The Balaban J connectivity index is 1.92. The van der Waals surface area contributed by atoms with Crippen molar-refractivity contribution < 1.29 is 14.7 Å². The van der Waals surface area contributed by atoms with E-state index in [2.05, 4.69) is 14.7 Å². The topological polar surface area (TPSA) is 84.7 Å². The van der Waals surface area contributed by atoms with Gasteiger partial charge in [-0.15, -0.1) is 5.10 Å². The van der Waals surface area contributed by atoms with Gasteiger partial charge in [0, 0.05) is 24.4 Å². The number of allylic oxidation sites excluding steroid dienone is 2. The van der Waals surface area contributed by atoms with Crippen LogP contribution in [-0.2, 0) is 16.2 Å². The molecule has 0 aliphatic heterocycles. The number of aliphatic hydroxyl groups excluding tert-OH is 1. The Hall–Kier alpha value is -1.47. The summed E-state index contributed by atoms with van der Waals surface area (Å²) in [5.41, 5.74) is 0.704. The molecule has 1 aromatic rings. The lowest BCUT2D eigenvalue weighted by Crippen LogP contribution is -2.12. The predicted molar refractivity (Wildman–Crippen MR) is 66.7 cm³/mol. The van der Waals surface area contributed by atoms with Crippen molar-refractivity contribution in [2.75, 3.05) is 0 Å². The second kappa shape index (κ2) is 5.92. The summed E-state index contributed by atoms with van der Waals surface area (Å²) in [6.07, 6.45) is 2.82. The Morgan fingerprint density at radius 3 is 3.06 bits per heavy atom. The standard InChI is InChI=1S/C10H10ClN3O3S/c11-10-7(13-14-18-10)5-17-12-4-6-8(15)2-1-3-9(6)16/h4,15H,1-3,5H2/b12-4+. The number of Topliss-reactive ketones (excluding diaryl/α,β-unsaturated/α-hetero) is 1. The maximum atomic E-state index is 11.5. The van der Waals surface area contributed by atoms with Gasteiger partial charge in [-0.05, 0) is 6.42 Å². The molecule has 1 aliphatic rings. The second-order valence-electron chi connectivity index (χ2n) is 3.64. The third-order valence-electron chi connectivity index (χ3n) is 2.40. The largest absolute Gasteiger partial charge is 0.512 e. The van der Waals surface area contributed by atoms with E-state index in [1.165, 1.54) is 6.21 Å². The molecule has 18 heavy (non-hydrogen) atoms. The summed E-state index contributed by atoms with van der Waals surface area (Å²) in [4.78, 5) is 16.4. The van der Waals surface area contributed by atoms with Gasteiger partial charge in [0.2, 0.25) is 0 Å². The number of rotatable bonds is 4. The van der Waals surface area contributed by atoms with E-state index in [-0.39, 0.29) is 23.7 Å². The molecule has 0 unspecified atom stereocenters. The number of oxime groups is 1. The number of nitrogens with zero attached hydrogens (tertiary/aromatic N) is 3. The van der Waals surface area contributed by atoms with Gasteiger partial charge in [-0.1, -0.05) is 21.2 Å². The number of halogens is 1. The van der Waals surface area contributed by atoms with Crippen LogP contribution >= 0.6 is 23.1 Å². The zero-order chi connectivity index (χ0) is 13.0. The van der Waals surface area contributed by atoms with Crippen molar-refractivity contribution in [1.82, 2.24) is 9.59 Å². The van der Waals surface area contributed by atoms with Crippen molar-refractivity contribution in [2.45, 2.75) is 25.9 Å². The SMILES string of the molecule is O=C1CCCC(O)=C1/C=N/OCc1nnsc1Cl. The van der Waals surface area contributed by atoms with Gasteiger partial charge in [-0.2, -0.15) is 0 Å². The number of hydrogen-bond donors (Lipinski definition) is 1. The van der Waals surface area contributed by atoms with Crippen molar-refractivity contribution in [3.63, 3.8) is 0 Å². The molecule has 0 spiro atoms. The Morgan fingerprint density at radius 2 is 2.39 bits per heavy atom. The fourth-order valence-electron chi connectivity index (χ4n) is 1.46. The highest BCUT2D eigenvalue weighted by molar-refractivity contribution is 7.10. The number of aliphatic hydroxyl groups is 1. The van der Waals surface area contributed by atoms with E-state index >= 15 is 0 Å². The molecule has 1 heterocycles. The molecule has 0 atom stereocenters. The minimum atomic E-state index is -0.126. The highest BCUT2D eigenvalue weighted by atomic mass is 35.5. The summed E-state index contributed by atoms with van der Waals surface area (Å²) < 4.78 is 4.08. The Kier molecular flexibility index (Phi) is 4.27. The van der Waals surface area contributed by atoms with Crippen LogP contribution in [-0.4, -0.2) is 26.7 Å². The van der Waals surface area contributed by atoms with Gasteiger partial charge in [-0.25, -0.2) is 0 Å². The smallest absolute Gasteiger partial charge is 0.167 e. The highest BCUT2D eigenvalue weighted by Crippen LogP contribution is 2.19. The zero-order valence-electron chi connectivity index (χ0n) is 9.30. The molecule has 0 bridgehead atoms. The number of carbonyl (C=O) groups is 1. The molecule has 2 rings (SSSR count). The van der Waals surface area contributed by atoms with Crippen LogP contribution in [0.15, 0.2) is 16.5 Å². The first-order valence-corrected chi connectivity index (χ1v) is 6.41. The van der Waals surface area contributed by atoms with E-state index in [0.717, 1.165) is 11.5 Å². The van der Waals surface area contributed by atoms with Crippen LogP contribution < -0.4 is 0 Å². The lowest BCUT2D eigenvalue weighted by Gasteiger charge is -2.10. The first kappa shape index (κ1) is 13.0. The van der Waals surface area contributed by atoms with Gasteiger partial charge < -0.3 is 9.94 Å². The molecule has 6 nitrogen and oxygen atoms in total. The van der Waals surface area contributed by atoms with Gasteiger partial charge in [0.05, 0.1) is 11.8 Å². The Labute approximate surface area is 112 Å². The average Bonchev–Trinajstić information content (AvgIpc) is 2.73. The lowest BCUT2D eigenvalue weighted by atomic mass is 9.97. The van der Waals surface area contributed by atoms with Crippen molar-refractivity contribution in [3.05, 3.63) is 21.4 Å². The van der Waals surface area contributed by atoms with E-state index < -0.39 is 0 Å². The van der Waals surface area contributed by atoms with Crippen LogP contribution in [0.2, 0.25) is 4.34 Å². The van der Waals surface area contributed by atoms with Crippen LogP contribution in [0.25, 0.3) is 0 Å². The minimum Gasteiger partial charge on any atom is -0.512 e. The molecular formula is C10H10ClN3O3S. The maximum absolute atomic E-state index is 11.5. The molecule has 0 aromatic carbocycles. The normalized spacial score (nSPS) is 16.6. The van der Waals surface area contributed by atoms with Crippen LogP contribution in [0.1, 0.15) is 25.0 Å². The highest BCUT2D eigenvalue weighted by Gasteiger charge is 2.18. The lowest BCUT2D eigenvalue weighted by molar-refractivity contribution is -0.115. The molecule has 96 valence electrons. The number of ketones is 1. The first-order chi connectivity index (χ1) is 8.68. The fraction of sp³-hybridized carbons (Fsp3) is 0.400. The molecule has 1 aliphatic carbocycles. The van der Waals surface area contributed by atoms with E-state index in [1.54, 1.807) is 0 Å². The van der Waals surface area contributed by atoms with Crippen LogP contribution in [0.3, 0.4) is 0 Å². The predicted octanol–water partition coefficient (Wildman–Crippen LogP) is 2.26. The summed E-state index contributed by atoms with van der Waals surface area (Å²) in [6.45, 7) is 0.0774. The Morgan fingerprint density at radius 1 is 1.56 bits per heavy atom. The fourth-order valence-corrected chi connectivity index (χ4v) is 2.07. The van der Waals surface area contributed by atoms with Crippen molar-refractivity contribution >= 4 is 35.1 Å². The molecule has 0 fully saturated rings. The Bertz CT molecular complexity index is 512.